The Morgan fingerprint density at radius 3 is 2.62 bits per heavy atom. The van der Waals surface area contributed by atoms with E-state index in [0.29, 0.717) is 29.9 Å². The fourth-order valence-corrected chi connectivity index (χ4v) is 2.98. The Kier molecular flexibility index (Phi) is 8.95. The van der Waals surface area contributed by atoms with Crippen LogP contribution >= 0.6 is 0 Å². The molecular formula is C24H28FN3O4. The third-order valence-electron chi connectivity index (χ3n) is 4.58. The molecule has 0 aromatic heterocycles. The van der Waals surface area contributed by atoms with Crippen LogP contribution in [0.25, 0.3) is 0 Å². The van der Waals surface area contributed by atoms with E-state index in [1.807, 2.05) is 0 Å². The quantitative estimate of drug-likeness (QED) is 0.298. The second-order valence-electron chi connectivity index (χ2n) is 7.36. The molecule has 0 heterocycles. The van der Waals surface area contributed by atoms with Gasteiger partial charge in [0.2, 0.25) is 0 Å². The lowest BCUT2D eigenvalue weighted by Crippen LogP contribution is -2.48. The lowest BCUT2D eigenvalue weighted by Gasteiger charge is -2.20. The smallest absolute Gasteiger partial charge is 0.262 e. The summed E-state index contributed by atoms with van der Waals surface area (Å²) in [5, 5.41) is 16.8. The maximum Gasteiger partial charge on any atom is 0.262 e. The van der Waals surface area contributed by atoms with E-state index in [0.717, 1.165) is 0 Å². The van der Waals surface area contributed by atoms with Crippen LogP contribution < -0.4 is 15.5 Å². The highest BCUT2D eigenvalue weighted by Gasteiger charge is 2.25. The predicted molar refractivity (Wildman–Crippen MR) is 121 cm³/mol. The molecule has 2 amide bonds. The van der Waals surface area contributed by atoms with Crippen LogP contribution in [0.2, 0.25) is 0 Å². The largest absolute Gasteiger partial charge is 0.504 e. The number of phenolic OH excluding ortho intramolecular Hbond substituents is 1. The number of hydrazone groups is 1. The van der Waals surface area contributed by atoms with Gasteiger partial charge in [-0.2, -0.15) is 5.10 Å². The zero-order chi connectivity index (χ0) is 23.7. The number of rotatable bonds is 10. The van der Waals surface area contributed by atoms with Gasteiger partial charge in [-0.05, 0) is 49.1 Å². The molecule has 3 N–H and O–H groups in total. The molecule has 2 rings (SSSR count). The van der Waals surface area contributed by atoms with Crippen molar-refractivity contribution in [2.24, 2.45) is 11.0 Å². The van der Waals surface area contributed by atoms with Crippen molar-refractivity contribution in [2.75, 3.05) is 6.61 Å². The first kappa shape index (κ1) is 24.6. The normalized spacial score (nSPS) is 11.9. The molecule has 0 saturated heterocycles. The number of carbonyl (C=O) groups is 2. The van der Waals surface area contributed by atoms with Gasteiger partial charge >= 0.3 is 0 Å². The van der Waals surface area contributed by atoms with Crippen LogP contribution in [0.4, 0.5) is 4.39 Å². The fourth-order valence-electron chi connectivity index (χ4n) is 2.98. The molecule has 0 spiro atoms. The molecule has 0 aliphatic heterocycles. The summed E-state index contributed by atoms with van der Waals surface area (Å²) in [6.45, 7) is 9.36. The minimum absolute atomic E-state index is 0.0312. The lowest BCUT2D eigenvalue weighted by atomic mass is 10.0. The molecule has 0 aliphatic rings. The van der Waals surface area contributed by atoms with Crippen LogP contribution in [-0.2, 0) is 11.2 Å². The first-order valence-electron chi connectivity index (χ1n) is 10.3. The van der Waals surface area contributed by atoms with Gasteiger partial charge < -0.3 is 15.2 Å². The number of halogens is 1. The van der Waals surface area contributed by atoms with Crippen LogP contribution in [0.5, 0.6) is 11.5 Å². The Balaban J connectivity index is 2.13. The summed E-state index contributed by atoms with van der Waals surface area (Å²) >= 11 is 0. The van der Waals surface area contributed by atoms with E-state index in [9.17, 15) is 19.1 Å². The van der Waals surface area contributed by atoms with E-state index >= 15 is 0 Å². The summed E-state index contributed by atoms with van der Waals surface area (Å²) in [6.07, 6.45) is 3.49. The Morgan fingerprint density at radius 1 is 1.28 bits per heavy atom. The number of carbonyl (C=O) groups excluding carboxylic acids is 2. The minimum Gasteiger partial charge on any atom is -0.504 e. The predicted octanol–water partition coefficient (Wildman–Crippen LogP) is 3.56. The molecule has 0 aliphatic carbocycles. The number of nitrogens with zero attached hydrogens (tertiary/aromatic N) is 1. The number of hydrogen-bond acceptors (Lipinski definition) is 5. The van der Waals surface area contributed by atoms with Crippen molar-refractivity contribution < 1.29 is 23.8 Å². The summed E-state index contributed by atoms with van der Waals surface area (Å²) in [6, 6.07) is 7.93. The summed E-state index contributed by atoms with van der Waals surface area (Å²) in [7, 11) is 0. The van der Waals surface area contributed by atoms with Gasteiger partial charge in [0.25, 0.3) is 11.8 Å². The number of allylic oxidation sites excluding steroid dienone is 1. The number of amides is 2. The van der Waals surface area contributed by atoms with Crippen molar-refractivity contribution in [1.82, 2.24) is 10.7 Å². The molecule has 2 aromatic carbocycles. The number of phenols is 1. The molecule has 7 nitrogen and oxygen atoms in total. The molecule has 0 saturated carbocycles. The second-order valence-corrected chi connectivity index (χ2v) is 7.36. The summed E-state index contributed by atoms with van der Waals surface area (Å²) < 4.78 is 19.3. The Bertz CT molecular complexity index is 1000. The van der Waals surface area contributed by atoms with E-state index in [4.69, 9.17) is 4.74 Å². The molecule has 0 bridgehead atoms. The number of hydrogen-bond donors (Lipinski definition) is 3. The van der Waals surface area contributed by atoms with Gasteiger partial charge in [0.15, 0.2) is 11.5 Å². The third-order valence-corrected chi connectivity index (χ3v) is 4.58. The van der Waals surface area contributed by atoms with Gasteiger partial charge in [0.05, 0.1) is 18.4 Å². The van der Waals surface area contributed by atoms with Crippen LogP contribution in [0, 0.1) is 11.7 Å². The third kappa shape index (κ3) is 6.41. The average molecular weight is 442 g/mol. The molecule has 8 heteroatoms. The standard InChI is InChI=1S/C24H28FN3O4/c1-5-9-17-12-16(13-20(22(17)29)32-6-2)14-26-28-24(31)21(15(3)4)27-23(30)18-10-7-8-11-19(18)25/h5,7-8,10-15,21,29H,1,6,9H2,2-4H3,(H,27,30)(H,28,31)/b26-14+. The van der Waals surface area contributed by atoms with E-state index in [-0.39, 0.29) is 17.2 Å². The Labute approximate surface area is 187 Å². The molecule has 0 fully saturated rings. The zero-order valence-electron chi connectivity index (χ0n) is 18.4. The van der Waals surface area contributed by atoms with Crippen LogP contribution in [0.15, 0.2) is 54.2 Å². The molecule has 1 atom stereocenters. The minimum atomic E-state index is -0.922. The number of ether oxygens (including phenoxy) is 1. The van der Waals surface area contributed by atoms with Crippen LogP contribution in [0.1, 0.15) is 42.3 Å². The van der Waals surface area contributed by atoms with Crippen LogP contribution in [0.3, 0.4) is 0 Å². The van der Waals surface area contributed by atoms with E-state index in [1.165, 1.54) is 24.4 Å². The SMILES string of the molecule is C=CCc1cc(/C=N/NC(=O)C(NC(=O)c2ccccc2F)C(C)C)cc(OCC)c1O. The highest BCUT2D eigenvalue weighted by molar-refractivity contribution is 5.98. The number of aromatic hydroxyl groups is 1. The van der Waals surface area contributed by atoms with Crippen molar-refractivity contribution in [3.63, 3.8) is 0 Å². The maximum absolute atomic E-state index is 13.9. The molecule has 1 unspecified atom stereocenters. The summed E-state index contributed by atoms with van der Waals surface area (Å²) in [4.78, 5) is 25.0. The van der Waals surface area contributed by atoms with Gasteiger partial charge in [0.1, 0.15) is 11.9 Å². The van der Waals surface area contributed by atoms with Gasteiger partial charge in [-0.25, -0.2) is 9.82 Å². The number of benzene rings is 2. The molecule has 32 heavy (non-hydrogen) atoms. The first-order valence-corrected chi connectivity index (χ1v) is 10.3. The highest BCUT2D eigenvalue weighted by atomic mass is 19.1. The fraction of sp³-hybridized carbons (Fsp3) is 0.292. The van der Waals surface area contributed by atoms with Gasteiger partial charge in [-0.15, -0.1) is 6.58 Å². The topological polar surface area (TPSA) is 100 Å². The molecule has 2 aromatic rings. The van der Waals surface area contributed by atoms with Crippen LogP contribution in [-0.4, -0.2) is 35.8 Å². The maximum atomic E-state index is 13.9. The van der Waals surface area contributed by atoms with Crippen molar-refractivity contribution in [2.45, 2.75) is 33.2 Å². The van der Waals surface area contributed by atoms with E-state index in [2.05, 4.69) is 22.4 Å². The Morgan fingerprint density at radius 2 is 2.00 bits per heavy atom. The van der Waals surface area contributed by atoms with Crippen molar-refractivity contribution >= 4 is 18.0 Å². The van der Waals surface area contributed by atoms with E-state index < -0.39 is 23.7 Å². The molecule has 0 radical (unpaired) electrons. The van der Waals surface area contributed by atoms with Crippen molar-refractivity contribution in [3.8, 4) is 11.5 Å². The second kappa shape index (κ2) is 11.6. The number of nitrogens with one attached hydrogen (secondary N) is 2. The van der Waals surface area contributed by atoms with Gasteiger partial charge in [-0.1, -0.05) is 32.1 Å². The van der Waals surface area contributed by atoms with Crippen molar-refractivity contribution in [1.29, 1.82) is 0 Å². The molecule has 170 valence electrons. The highest BCUT2D eigenvalue weighted by Crippen LogP contribution is 2.31. The average Bonchev–Trinajstić information content (AvgIpc) is 2.75. The van der Waals surface area contributed by atoms with Crippen molar-refractivity contribution in [3.05, 3.63) is 71.6 Å². The van der Waals surface area contributed by atoms with Gasteiger partial charge in [-0.3, -0.25) is 9.59 Å². The van der Waals surface area contributed by atoms with Gasteiger partial charge in [0, 0.05) is 5.56 Å². The molecular weight excluding hydrogens is 413 g/mol. The Hall–Kier alpha value is -3.68. The monoisotopic (exact) mass is 441 g/mol. The van der Waals surface area contributed by atoms with E-state index in [1.54, 1.807) is 45.0 Å². The summed E-state index contributed by atoms with van der Waals surface area (Å²) in [5.74, 6) is -1.83. The zero-order valence-corrected chi connectivity index (χ0v) is 18.4. The summed E-state index contributed by atoms with van der Waals surface area (Å²) in [5.41, 5.74) is 3.46. The first-order chi connectivity index (χ1) is 15.3. The lowest BCUT2D eigenvalue weighted by molar-refractivity contribution is -0.123.